The smallest absolute Gasteiger partial charge is 0.346 e. The van der Waals surface area contributed by atoms with Gasteiger partial charge in [0.2, 0.25) is 15.9 Å². The van der Waals surface area contributed by atoms with Crippen molar-refractivity contribution in [2.24, 2.45) is 0 Å². The van der Waals surface area contributed by atoms with Crippen LogP contribution in [-0.4, -0.2) is 56.4 Å². The van der Waals surface area contributed by atoms with E-state index in [1.807, 2.05) is 10.3 Å². The number of carbonyl (C=O) groups excluding carboxylic acids is 1. The Bertz CT molecular complexity index is 981. The van der Waals surface area contributed by atoms with Crippen molar-refractivity contribution in [2.75, 3.05) is 31.1 Å². The van der Waals surface area contributed by atoms with Crippen LogP contribution in [0.2, 0.25) is 0 Å². The lowest BCUT2D eigenvalue weighted by Crippen LogP contribution is -2.48. The first kappa shape index (κ1) is 22.5. The zero-order chi connectivity index (χ0) is 21.9. The van der Waals surface area contributed by atoms with Crippen LogP contribution in [0.1, 0.15) is 18.9 Å². The zero-order valence-corrected chi connectivity index (χ0v) is 17.7. The number of benzene rings is 1. The number of aromatic nitrogens is 1. The molecule has 1 fully saturated rings. The minimum Gasteiger partial charge on any atom is -0.346 e. The molecule has 1 aromatic heterocycles. The molecule has 1 aliphatic heterocycles. The molecule has 2 aromatic rings. The summed E-state index contributed by atoms with van der Waals surface area (Å²) >= 11 is 1.49. The van der Waals surface area contributed by atoms with Crippen LogP contribution < -0.4 is 9.62 Å². The molecule has 0 saturated carbocycles. The van der Waals surface area contributed by atoms with Crippen molar-refractivity contribution in [1.82, 2.24) is 14.6 Å². The Labute approximate surface area is 176 Å². The summed E-state index contributed by atoms with van der Waals surface area (Å²) in [5, 5.41) is 2.71. The van der Waals surface area contributed by atoms with Crippen LogP contribution in [0.3, 0.4) is 0 Å². The van der Waals surface area contributed by atoms with Gasteiger partial charge >= 0.3 is 6.18 Å². The number of hydrogen-bond acceptors (Lipinski definition) is 6. The van der Waals surface area contributed by atoms with Crippen LogP contribution in [0, 0.1) is 0 Å². The molecule has 7 nitrogen and oxygen atoms in total. The lowest BCUT2D eigenvalue weighted by molar-refractivity contribution is -0.139. The normalized spacial score (nSPS) is 16.9. The molecule has 1 amide bonds. The van der Waals surface area contributed by atoms with E-state index < -0.39 is 38.6 Å². The third-order valence-corrected chi connectivity index (χ3v) is 7.11. The first-order valence-corrected chi connectivity index (χ1v) is 11.6. The fraction of sp³-hybridized carbons (Fsp3) is 0.444. The molecule has 30 heavy (non-hydrogen) atoms. The predicted octanol–water partition coefficient (Wildman–Crippen LogP) is 2.57. The Morgan fingerprint density at radius 2 is 1.93 bits per heavy atom. The van der Waals surface area contributed by atoms with Crippen LogP contribution in [0.25, 0.3) is 0 Å². The van der Waals surface area contributed by atoms with Crippen LogP contribution in [0.4, 0.5) is 18.3 Å². The van der Waals surface area contributed by atoms with Gasteiger partial charge in [-0.15, -0.1) is 11.3 Å². The maximum absolute atomic E-state index is 13.2. The second kappa shape index (κ2) is 8.90. The van der Waals surface area contributed by atoms with Crippen molar-refractivity contribution in [1.29, 1.82) is 0 Å². The number of rotatable bonds is 5. The highest BCUT2D eigenvalue weighted by molar-refractivity contribution is 7.89. The Morgan fingerprint density at radius 1 is 1.20 bits per heavy atom. The number of sulfonamides is 1. The van der Waals surface area contributed by atoms with Crippen molar-refractivity contribution in [3.05, 3.63) is 41.4 Å². The average Bonchev–Trinajstić information content (AvgIpc) is 3.11. The molecule has 0 spiro atoms. The number of amides is 1. The van der Waals surface area contributed by atoms with Gasteiger partial charge in [0.25, 0.3) is 0 Å². The topological polar surface area (TPSA) is 82.6 Å². The number of nitrogens with zero attached hydrogens (tertiary/aromatic N) is 3. The SMILES string of the molecule is C[C@H](NS(=O)(=O)c1ccccc1C(F)(F)F)C(=O)N1CCCN(c2nccs2)CC1. The summed E-state index contributed by atoms with van der Waals surface area (Å²) in [7, 11) is -4.55. The van der Waals surface area contributed by atoms with Crippen LogP contribution in [0.15, 0.2) is 40.7 Å². The van der Waals surface area contributed by atoms with Crippen LogP contribution >= 0.6 is 11.3 Å². The third kappa shape index (κ3) is 5.10. The highest BCUT2D eigenvalue weighted by Gasteiger charge is 2.38. The highest BCUT2D eigenvalue weighted by atomic mass is 32.2. The Kier molecular flexibility index (Phi) is 6.68. The molecule has 0 unspecified atom stereocenters. The van der Waals surface area contributed by atoms with Crippen molar-refractivity contribution in [3.8, 4) is 0 Å². The molecule has 1 saturated heterocycles. The summed E-state index contributed by atoms with van der Waals surface area (Å²) in [4.78, 5) is 19.7. The van der Waals surface area contributed by atoms with Gasteiger partial charge in [0, 0.05) is 37.8 Å². The molecule has 0 aliphatic carbocycles. The van der Waals surface area contributed by atoms with Gasteiger partial charge in [0.1, 0.15) is 0 Å². The third-order valence-electron chi connectivity index (χ3n) is 4.68. The molecule has 1 aromatic carbocycles. The Balaban J connectivity index is 1.70. The predicted molar refractivity (Wildman–Crippen MR) is 107 cm³/mol. The number of thiazole rings is 1. The molecule has 3 rings (SSSR count). The summed E-state index contributed by atoms with van der Waals surface area (Å²) < 4.78 is 66.8. The number of halogens is 3. The number of nitrogens with one attached hydrogen (secondary N) is 1. The van der Waals surface area contributed by atoms with Gasteiger partial charge in [0.05, 0.1) is 16.5 Å². The first-order chi connectivity index (χ1) is 14.1. The van der Waals surface area contributed by atoms with E-state index in [0.717, 1.165) is 17.3 Å². The van der Waals surface area contributed by atoms with E-state index in [-0.39, 0.29) is 0 Å². The Morgan fingerprint density at radius 3 is 2.60 bits per heavy atom. The zero-order valence-electron chi connectivity index (χ0n) is 16.1. The number of hydrogen-bond donors (Lipinski definition) is 1. The molecule has 0 bridgehead atoms. The second-order valence-corrected chi connectivity index (χ2v) is 9.37. The summed E-state index contributed by atoms with van der Waals surface area (Å²) in [6, 6.07) is 2.69. The molecule has 0 radical (unpaired) electrons. The molecular weight excluding hydrogens is 441 g/mol. The van der Waals surface area contributed by atoms with E-state index in [2.05, 4.69) is 9.71 Å². The van der Waals surface area contributed by atoms with Gasteiger partial charge in [-0.3, -0.25) is 4.79 Å². The fourth-order valence-corrected chi connectivity index (χ4v) is 5.38. The second-order valence-electron chi connectivity index (χ2n) is 6.82. The quantitative estimate of drug-likeness (QED) is 0.739. The van der Waals surface area contributed by atoms with E-state index >= 15 is 0 Å². The van der Waals surface area contributed by atoms with Gasteiger partial charge in [-0.1, -0.05) is 12.1 Å². The van der Waals surface area contributed by atoms with Crippen molar-refractivity contribution in [3.63, 3.8) is 0 Å². The van der Waals surface area contributed by atoms with Gasteiger partial charge in [-0.2, -0.15) is 17.9 Å². The summed E-state index contributed by atoms with van der Waals surface area (Å²) in [5.74, 6) is -0.482. The molecule has 12 heteroatoms. The van der Waals surface area contributed by atoms with E-state index in [4.69, 9.17) is 0 Å². The minimum absolute atomic E-state index is 0.365. The maximum atomic E-state index is 13.2. The van der Waals surface area contributed by atoms with Crippen LogP contribution in [-0.2, 0) is 21.0 Å². The highest BCUT2D eigenvalue weighted by Crippen LogP contribution is 2.34. The largest absolute Gasteiger partial charge is 0.417 e. The van der Waals surface area contributed by atoms with Crippen molar-refractivity contribution >= 4 is 32.4 Å². The van der Waals surface area contributed by atoms with Gasteiger partial charge < -0.3 is 9.80 Å². The molecule has 1 N–H and O–H groups in total. The molecule has 1 aliphatic rings. The van der Waals surface area contributed by atoms with E-state index in [9.17, 15) is 26.4 Å². The molecule has 2 heterocycles. The van der Waals surface area contributed by atoms with E-state index in [1.165, 1.54) is 29.2 Å². The fourth-order valence-electron chi connectivity index (χ4n) is 3.26. The van der Waals surface area contributed by atoms with Crippen molar-refractivity contribution < 1.29 is 26.4 Å². The average molecular weight is 463 g/mol. The maximum Gasteiger partial charge on any atom is 0.417 e. The summed E-state index contributed by atoms with van der Waals surface area (Å²) in [6.07, 6.45) is -2.46. The molecule has 1 atom stereocenters. The van der Waals surface area contributed by atoms with Gasteiger partial charge in [0.15, 0.2) is 5.13 Å². The number of carbonyl (C=O) groups is 1. The monoisotopic (exact) mass is 462 g/mol. The molecular formula is C18H21F3N4O3S2. The lowest BCUT2D eigenvalue weighted by Gasteiger charge is -2.25. The minimum atomic E-state index is -4.83. The summed E-state index contributed by atoms with van der Waals surface area (Å²) in [6.45, 7) is 3.36. The number of anilines is 1. The van der Waals surface area contributed by atoms with Gasteiger partial charge in [-0.25, -0.2) is 13.4 Å². The summed E-state index contributed by atoms with van der Waals surface area (Å²) in [5.41, 5.74) is -1.27. The standard InChI is InChI=1S/C18H21F3N4O3S2/c1-13(23-30(27,28)15-6-3-2-5-14(15)18(19,20)21)16(26)24-8-4-9-25(11-10-24)17-22-7-12-29-17/h2-3,5-7,12-13,23H,4,8-11H2,1H3/t13-/m0/s1. The van der Waals surface area contributed by atoms with Crippen molar-refractivity contribution in [2.45, 2.75) is 30.5 Å². The van der Waals surface area contributed by atoms with Crippen LogP contribution in [0.5, 0.6) is 0 Å². The molecule has 164 valence electrons. The van der Waals surface area contributed by atoms with E-state index in [1.54, 1.807) is 6.20 Å². The first-order valence-electron chi connectivity index (χ1n) is 9.21. The Hall–Kier alpha value is -2.18. The van der Waals surface area contributed by atoms with E-state index in [0.29, 0.717) is 38.7 Å². The number of alkyl halides is 3. The van der Waals surface area contributed by atoms with Gasteiger partial charge in [-0.05, 0) is 25.5 Å². The lowest BCUT2D eigenvalue weighted by atomic mass is 10.2.